The largest absolute Gasteiger partial charge is 0.385 e. The Bertz CT molecular complexity index is 568. The van der Waals surface area contributed by atoms with Crippen LogP contribution in [0.15, 0.2) is 34.4 Å². The quantitative estimate of drug-likeness (QED) is 0.586. The number of nitrogen functional groups attached to an aromatic ring is 1. The zero-order chi connectivity index (χ0) is 15.2. The Balaban J connectivity index is 2.13. The number of hydrogen-bond donors (Lipinski definition) is 3. The minimum absolute atomic E-state index is 0.110. The summed E-state index contributed by atoms with van der Waals surface area (Å²) in [6.07, 6.45) is 7.46. The summed E-state index contributed by atoms with van der Waals surface area (Å²) in [7, 11) is 0. The zero-order valence-corrected chi connectivity index (χ0v) is 12.3. The minimum Gasteiger partial charge on any atom is -0.385 e. The second-order valence-electron chi connectivity index (χ2n) is 5.04. The van der Waals surface area contributed by atoms with Gasteiger partial charge in [0.15, 0.2) is 5.84 Å². The van der Waals surface area contributed by atoms with Crippen molar-refractivity contribution in [3.05, 3.63) is 30.0 Å². The number of aromatic nitrogens is 1. The number of piperidine rings is 1. The molecular formula is C15H22N6. The first-order chi connectivity index (χ1) is 10.2. The Morgan fingerprint density at radius 1 is 1.62 bits per heavy atom. The van der Waals surface area contributed by atoms with E-state index in [9.17, 15) is 0 Å². The van der Waals surface area contributed by atoms with E-state index in [0.717, 1.165) is 31.5 Å². The van der Waals surface area contributed by atoms with E-state index in [2.05, 4.69) is 21.7 Å². The molecule has 0 aliphatic carbocycles. The number of nitrogens with one attached hydrogen (secondary N) is 2. The number of likely N-dealkylation sites (tertiary alicyclic amines) is 1. The van der Waals surface area contributed by atoms with Crippen LogP contribution in [0.2, 0.25) is 0 Å². The van der Waals surface area contributed by atoms with Crippen LogP contribution in [0.3, 0.4) is 0 Å². The van der Waals surface area contributed by atoms with Crippen LogP contribution < -0.4 is 5.73 Å². The Morgan fingerprint density at radius 2 is 2.43 bits per heavy atom. The van der Waals surface area contributed by atoms with Crippen LogP contribution in [-0.4, -0.2) is 47.4 Å². The third kappa shape index (κ3) is 3.59. The van der Waals surface area contributed by atoms with Gasteiger partial charge in [-0.1, -0.05) is 6.08 Å². The smallest absolute Gasteiger partial charge is 0.158 e. The highest BCUT2D eigenvalue weighted by Gasteiger charge is 2.21. The lowest BCUT2D eigenvalue weighted by atomic mass is 10.1. The van der Waals surface area contributed by atoms with Crippen molar-refractivity contribution in [1.82, 2.24) is 9.88 Å². The van der Waals surface area contributed by atoms with E-state index in [-0.39, 0.29) is 6.04 Å². The van der Waals surface area contributed by atoms with Crippen molar-refractivity contribution in [3.63, 3.8) is 0 Å². The molecule has 6 nitrogen and oxygen atoms in total. The van der Waals surface area contributed by atoms with Gasteiger partial charge in [-0.05, 0) is 38.6 Å². The molecule has 0 saturated carbocycles. The molecule has 1 fully saturated rings. The molecule has 1 aliphatic rings. The summed E-state index contributed by atoms with van der Waals surface area (Å²) in [4.78, 5) is 13.6. The van der Waals surface area contributed by atoms with Crippen LogP contribution in [0, 0.1) is 5.41 Å². The molecule has 1 aromatic heterocycles. The van der Waals surface area contributed by atoms with E-state index >= 15 is 0 Å². The van der Waals surface area contributed by atoms with Crippen molar-refractivity contribution < 1.29 is 0 Å². The van der Waals surface area contributed by atoms with Crippen LogP contribution in [0.1, 0.15) is 25.3 Å². The molecule has 2 heterocycles. The molecule has 1 saturated heterocycles. The van der Waals surface area contributed by atoms with E-state index in [1.807, 2.05) is 30.0 Å². The normalized spacial score (nSPS) is 20.0. The van der Waals surface area contributed by atoms with Crippen molar-refractivity contribution in [3.8, 4) is 0 Å². The van der Waals surface area contributed by atoms with Gasteiger partial charge >= 0.3 is 0 Å². The average Bonchev–Trinajstić information content (AvgIpc) is 2.91. The fraction of sp³-hybridized carbons (Fsp3) is 0.400. The van der Waals surface area contributed by atoms with Crippen LogP contribution in [-0.2, 0) is 0 Å². The second kappa shape index (κ2) is 6.88. The highest BCUT2D eigenvalue weighted by molar-refractivity contribution is 6.05. The van der Waals surface area contributed by atoms with Gasteiger partial charge in [-0.2, -0.15) is 0 Å². The molecule has 1 atom stereocenters. The summed E-state index contributed by atoms with van der Waals surface area (Å²) in [5, 5.41) is 8.00. The molecule has 1 aromatic rings. The van der Waals surface area contributed by atoms with Crippen molar-refractivity contribution >= 4 is 24.2 Å². The fourth-order valence-electron chi connectivity index (χ4n) is 2.49. The molecular weight excluding hydrogens is 264 g/mol. The number of aromatic amines is 1. The lowest BCUT2D eigenvalue weighted by molar-refractivity contribution is 0.310. The van der Waals surface area contributed by atoms with Crippen LogP contribution in [0.25, 0.3) is 0 Å². The number of H-pyrrole nitrogens is 1. The number of anilines is 1. The number of hydrogen-bond acceptors (Lipinski definition) is 3. The molecule has 0 bridgehead atoms. The third-order valence-electron chi connectivity index (χ3n) is 3.54. The van der Waals surface area contributed by atoms with Gasteiger partial charge in [0, 0.05) is 19.3 Å². The SMILES string of the molecule is C=NC(=N[C@@H]1CCCN(C(=N)/C=C/C)C1)c1cc[nH]c1N. The highest BCUT2D eigenvalue weighted by atomic mass is 15.2. The molecule has 0 amide bonds. The molecule has 112 valence electrons. The highest BCUT2D eigenvalue weighted by Crippen LogP contribution is 2.17. The molecule has 0 aromatic carbocycles. The molecule has 0 unspecified atom stereocenters. The molecule has 21 heavy (non-hydrogen) atoms. The lowest BCUT2D eigenvalue weighted by Crippen LogP contribution is -2.40. The first-order valence-electron chi connectivity index (χ1n) is 7.09. The minimum atomic E-state index is 0.110. The zero-order valence-electron chi connectivity index (χ0n) is 12.3. The number of allylic oxidation sites excluding steroid dienone is 1. The summed E-state index contributed by atoms with van der Waals surface area (Å²) >= 11 is 0. The summed E-state index contributed by atoms with van der Waals surface area (Å²) in [5.41, 5.74) is 6.64. The van der Waals surface area contributed by atoms with Crippen molar-refractivity contribution in [1.29, 1.82) is 5.41 Å². The summed E-state index contributed by atoms with van der Waals surface area (Å²) in [6, 6.07) is 1.96. The van der Waals surface area contributed by atoms with Gasteiger partial charge in [0.05, 0.1) is 11.6 Å². The van der Waals surface area contributed by atoms with E-state index in [1.165, 1.54) is 0 Å². The molecule has 0 radical (unpaired) electrons. The van der Waals surface area contributed by atoms with Gasteiger partial charge in [0.1, 0.15) is 11.7 Å². The van der Waals surface area contributed by atoms with Crippen LogP contribution >= 0.6 is 0 Å². The van der Waals surface area contributed by atoms with E-state index in [0.29, 0.717) is 17.5 Å². The Kier molecular flexibility index (Phi) is 4.92. The first-order valence-corrected chi connectivity index (χ1v) is 7.09. The van der Waals surface area contributed by atoms with Gasteiger partial charge < -0.3 is 15.6 Å². The molecule has 2 rings (SSSR count). The average molecular weight is 286 g/mol. The predicted molar refractivity (Wildman–Crippen MR) is 88.4 cm³/mol. The maximum Gasteiger partial charge on any atom is 0.158 e. The maximum atomic E-state index is 8.00. The van der Waals surface area contributed by atoms with Gasteiger partial charge in [-0.25, -0.2) is 4.99 Å². The molecule has 4 N–H and O–H groups in total. The van der Waals surface area contributed by atoms with Crippen molar-refractivity contribution in [2.24, 2.45) is 9.98 Å². The number of aliphatic imine (C=N–C) groups is 2. The number of rotatable bonds is 3. The molecule has 0 spiro atoms. The molecule has 1 aliphatic heterocycles. The van der Waals surface area contributed by atoms with E-state index < -0.39 is 0 Å². The van der Waals surface area contributed by atoms with E-state index in [1.54, 1.807) is 6.20 Å². The monoisotopic (exact) mass is 286 g/mol. The van der Waals surface area contributed by atoms with Crippen LogP contribution in [0.4, 0.5) is 5.82 Å². The van der Waals surface area contributed by atoms with Crippen LogP contribution in [0.5, 0.6) is 0 Å². The van der Waals surface area contributed by atoms with Gasteiger partial charge in [0.25, 0.3) is 0 Å². The van der Waals surface area contributed by atoms with Gasteiger partial charge in [0.2, 0.25) is 0 Å². The Labute approximate surface area is 125 Å². The first kappa shape index (κ1) is 15.0. The third-order valence-corrected chi connectivity index (χ3v) is 3.54. The lowest BCUT2D eigenvalue weighted by Gasteiger charge is -2.31. The molecule has 6 heteroatoms. The van der Waals surface area contributed by atoms with Crippen molar-refractivity contribution in [2.45, 2.75) is 25.8 Å². The topological polar surface area (TPSA) is 93.6 Å². The fourth-order valence-corrected chi connectivity index (χ4v) is 2.49. The number of amidine groups is 2. The summed E-state index contributed by atoms with van der Waals surface area (Å²) in [6.45, 7) is 7.14. The Morgan fingerprint density at radius 3 is 3.05 bits per heavy atom. The summed E-state index contributed by atoms with van der Waals surface area (Å²) in [5.74, 6) is 1.65. The van der Waals surface area contributed by atoms with E-state index in [4.69, 9.17) is 11.1 Å². The number of nitrogens with zero attached hydrogens (tertiary/aromatic N) is 3. The van der Waals surface area contributed by atoms with Gasteiger partial charge in [-0.15, -0.1) is 0 Å². The Hall–Kier alpha value is -2.37. The number of nitrogens with two attached hydrogens (primary N) is 1. The second-order valence-corrected chi connectivity index (χ2v) is 5.04. The summed E-state index contributed by atoms with van der Waals surface area (Å²) < 4.78 is 0. The van der Waals surface area contributed by atoms with Crippen molar-refractivity contribution in [2.75, 3.05) is 18.8 Å². The standard InChI is InChI=1S/C15H22N6/c1-3-5-13(16)21-9-4-6-11(10-21)20-15(18-2)12-7-8-19-14(12)17/h3,5,7-8,11,16,19H,2,4,6,9-10,17H2,1H3/b5-3+,16-13?,20-15?/t11-/m1/s1. The maximum absolute atomic E-state index is 8.00. The predicted octanol–water partition coefficient (Wildman–Crippen LogP) is 2.06. The van der Waals surface area contributed by atoms with Gasteiger partial charge in [-0.3, -0.25) is 10.4 Å².